The molecule has 94 valence electrons. The molecule has 1 aromatic heterocycles. The Morgan fingerprint density at radius 2 is 2.00 bits per heavy atom. The Hall–Kier alpha value is -1.59. The molecule has 6 heteroatoms. The maximum absolute atomic E-state index is 5.42. The number of hydrogen-bond donors (Lipinski definition) is 2. The molecule has 1 heterocycles. The zero-order valence-electron chi connectivity index (χ0n) is 10.5. The molecule has 2 rings (SSSR count). The molecule has 0 aromatic carbocycles. The first-order chi connectivity index (χ1) is 8.22. The van der Waals surface area contributed by atoms with Crippen LogP contribution in [0.5, 0.6) is 6.01 Å². The van der Waals surface area contributed by atoms with Crippen LogP contribution < -0.4 is 15.4 Å². The lowest BCUT2D eigenvalue weighted by Crippen LogP contribution is -2.11. The lowest BCUT2D eigenvalue weighted by Gasteiger charge is -2.08. The van der Waals surface area contributed by atoms with E-state index in [2.05, 4.69) is 32.5 Å². The number of nitrogens with zero attached hydrogens (tertiary/aromatic N) is 3. The lowest BCUT2D eigenvalue weighted by atomic mass is 10.5. The van der Waals surface area contributed by atoms with Crippen molar-refractivity contribution in [3.05, 3.63) is 0 Å². The van der Waals surface area contributed by atoms with Gasteiger partial charge in [-0.1, -0.05) is 13.8 Å². The maximum Gasteiger partial charge on any atom is 0.323 e. The van der Waals surface area contributed by atoms with Gasteiger partial charge in [0, 0.05) is 13.1 Å². The molecule has 2 unspecified atom stereocenters. The Balaban J connectivity index is 2.07. The van der Waals surface area contributed by atoms with Crippen LogP contribution in [0.1, 0.15) is 26.7 Å². The van der Waals surface area contributed by atoms with Gasteiger partial charge in [0.1, 0.15) is 0 Å². The van der Waals surface area contributed by atoms with Gasteiger partial charge < -0.3 is 15.4 Å². The van der Waals surface area contributed by atoms with Crippen molar-refractivity contribution in [1.82, 2.24) is 15.0 Å². The highest BCUT2D eigenvalue weighted by atomic mass is 16.5. The predicted octanol–water partition coefficient (Wildman–Crippen LogP) is 1.52. The molecule has 1 aliphatic rings. The Morgan fingerprint density at radius 1 is 1.29 bits per heavy atom. The summed E-state index contributed by atoms with van der Waals surface area (Å²) in [5.41, 5.74) is 0. The molecule has 2 N–H and O–H groups in total. The predicted molar refractivity (Wildman–Crippen MR) is 66.4 cm³/mol. The van der Waals surface area contributed by atoms with Crippen LogP contribution in [0, 0.1) is 5.92 Å². The molecule has 1 aliphatic carbocycles. The number of anilines is 2. The minimum Gasteiger partial charge on any atom is -0.463 e. The minimum atomic E-state index is 0.377. The fourth-order valence-electron chi connectivity index (χ4n) is 1.48. The molecule has 0 radical (unpaired) electrons. The first kappa shape index (κ1) is 11.9. The van der Waals surface area contributed by atoms with Gasteiger partial charge in [0.25, 0.3) is 0 Å². The van der Waals surface area contributed by atoms with Crippen LogP contribution in [0.25, 0.3) is 0 Å². The molecule has 0 aliphatic heterocycles. The number of ether oxygens (including phenoxy) is 1. The van der Waals surface area contributed by atoms with E-state index in [9.17, 15) is 0 Å². The molecule has 0 saturated heterocycles. The average Bonchev–Trinajstić information content (AvgIpc) is 3.01. The first-order valence-electron chi connectivity index (χ1n) is 6.06. The van der Waals surface area contributed by atoms with Gasteiger partial charge in [0.2, 0.25) is 11.9 Å². The van der Waals surface area contributed by atoms with E-state index >= 15 is 0 Å². The molecule has 1 saturated carbocycles. The van der Waals surface area contributed by atoms with Gasteiger partial charge in [-0.25, -0.2) is 0 Å². The summed E-state index contributed by atoms with van der Waals surface area (Å²) in [6.45, 7) is 4.87. The van der Waals surface area contributed by atoms with Crippen molar-refractivity contribution in [3.8, 4) is 6.01 Å². The molecule has 0 amide bonds. The molecular weight excluding hydrogens is 218 g/mol. The Bertz CT molecular complexity index is 384. The highest BCUT2D eigenvalue weighted by Gasteiger charge is 2.33. The summed E-state index contributed by atoms with van der Waals surface area (Å²) in [4.78, 5) is 12.6. The molecule has 17 heavy (non-hydrogen) atoms. The van der Waals surface area contributed by atoms with E-state index in [-0.39, 0.29) is 0 Å². The van der Waals surface area contributed by atoms with E-state index in [0.29, 0.717) is 36.5 Å². The third-order valence-electron chi connectivity index (χ3n) is 2.70. The molecular formula is C11H19N5O. The smallest absolute Gasteiger partial charge is 0.323 e. The SMILES string of the molecule is CCCOc1nc(NC)nc(NC2CC2C)n1. The molecule has 1 aromatic rings. The number of hydrogen-bond acceptors (Lipinski definition) is 6. The second kappa shape index (κ2) is 5.16. The number of rotatable bonds is 6. The zero-order chi connectivity index (χ0) is 12.3. The summed E-state index contributed by atoms with van der Waals surface area (Å²) < 4.78 is 5.42. The van der Waals surface area contributed by atoms with Crippen LogP contribution in [0.4, 0.5) is 11.9 Å². The topological polar surface area (TPSA) is 72.0 Å². The highest BCUT2D eigenvalue weighted by molar-refractivity contribution is 5.37. The van der Waals surface area contributed by atoms with Crippen molar-refractivity contribution in [2.24, 2.45) is 5.92 Å². The van der Waals surface area contributed by atoms with Crippen LogP contribution in [0.2, 0.25) is 0 Å². The van der Waals surface area contributed by atoms with Gasteiger partial charge in [-0.3, -0.25) is 0 Å². The Morgan fingerprint density at radius 3 is 2.59 bits per heavy atom. The number of aromatic nitrogens is 3. The monoisotopic (exact) mass is 237 g/mol. The normalized spacial score (nSPS) is 22.1. The molecule has 6 nitrogen and oxygen atoms in total. The molecule has 0 bridgehead atoms. The van der Waals surface area contributed by atoms with Gasteiger partial charge in [-0.2, -0.15) is 15.0 Å². The quantitative estimate of drug-likeness (QED) is 0.781. The summed E-state index contributed by atoms with van der Waals surface area (Å²) in [6.07, 6.45) is 2.11. The van der Waals surface area contributed by atoms with Gasteiger partial charge in [-0.15, -0.1) is 0 Å². The largest absolute Gasteiger partial charge is 0.463 e. The van der Waals surface area contributed by atoms with Crippen LogP contribution in [-0.4, -0.2) is 34.6 Å². The first-order valence-corrected chi connectivity index (χ1v) is 6.06. The van der Waals surface area contributed by atoms with Crippen molar-refractivity contribution in [1.29, 1.82) is 0 Å². The van der Waals surface area contributed by atoms with Crippen molar-refractivity contribution in [2.45, 2.75) is 32.7 Å². The van der Waals surface area contributed by atoms with Crippen LogP contribution in [0.15, 0.2) is 0 Å². The van der Waals surface area contributed by atoms with Crippen molar-refractivity contribution in [2.75, 3.05) is 24.3 Å². The Labute approximate surface area is 101 Å². The second-order valence-corrected chi connectivity index (χ2v) is 4.33. The lowest BCUT2D eigenvalue weighted by molar-refractivity contribution is 0.292. The van der Waals surface area contributed by atoms with Gasteiger partial charge in [-0.05, 0) is 18.8 Å². The van der Waals surface area contributed by atoms with Crippen LogP contribution >= 0.6 is 0 Å². The fourth-order valence-corrected chi connectivity index (χ4v) is 1.48. The van der Waals surface area contributed by atoms with E-state index in [4.69, 9.17) is 4.74 Å². The average molecular weight is 237 g/mol. The van der Waals surface area contributed by atoms with E-state index < -0.39 is 0 Å². The minimum absolute atomic E-state index is 0.377. The van der Waals surface area contributed by atoms with Crippen molar-refractivity contribution in [3.63, 3.8) is 0 Å². The van der Waals surface area contributed by atoms with Gasteiger partial charge in [0.15, 0.2) is 0 Å². The number of nitrogens with one attached hydrogen (secondary N) is 2. The van der Waals surface area contributed by atoms with Crippen LogP contribution in [0.3, 0.4) is 0 Å². The molecule has 1 fully saturated rings. The van der Waals surface area contributed by atoms with E-state index in [0.717, 1.165) is 6.42 Å². The fraction of sp³-hybridized carbons (Fsp3) is 0.727. The van der Waals surface area contributed by atoms with Gasteiger partial charge >= 0.3 is 6.01 Å². The summed E-state index contributed by atoms with van der Waals surface area (Å²) in [6, 6.07) is 0.864. The highest BCUT2D eigenvalue weighted by Crippen LogP contribution is 2.32. The summed E-state index contributed by atoms with van der Waals surface area (Å²) in [7, 11) is 1.78. The van der Waals surface area contributed by atoms with Crippen LogP contribution in [-0.2, 0) is 0 Å². The zero-order valence-corrected chi connectivity index (χ0v) is 10.5. The Kier molecular flexibility index (Phi) is 3.61. The van der Waals surface area contributed by atoms with Gasteiger partial charge in [0.05, 0.1) is 6.61 Å². The second-order valence-electron chi connectivity index (χ2n) is 4.33. The van der Waals surface area contributed by atoms with E-state index in [1.165, 1.54) is 6.42 Å². The van der Waals surface area contributed by atoms with Crippen molar-refractivity contribution < 1.29 is 4.74 Å². The maximum atomic E-state index is 5.42. The van der Waals surface area contributed by atoms with Crippen molar-refractivity contribution >= 4 is 11.9 Å². The standard InChI is InChI=1S/C11H19N5O/c1-4-5-17-11-15-9(12-3)14-10(16-11)13-8-6-7(8)2/h7-8H,4-6H2,1-3H3,(H2,12,13,14,15,16). The third-order valence-corrected chi connectivity index (χ3v) is 2.70. The summed E-state index contributed by atoms with van der Waals surface area (Å²) in [5, 5.41) is 6.18. The third kappa shape index (κ3) is 3.18. The summed E-state index contributed by atoms with van der Waals surface area (Å²) in [5.74, 6) is 1.82. The van der Waals surface area contributed by atoms with E-state index in [1.807, 2.05) is 6.92 Å². The molecule has 2 atom stereocenters. The summed E-state index contributed by atoms with van der Waals surface area (Å²) >= 11 is 0. The molecule has 0 spiro atoms. The van der Waals surface area contributed by atoms with E-state index in [1.54, 1.807) is 7.05 Å².